The van der Waals surface area contributed by atoms with Crippen LogP contribution in [0.5, 0.6) is 0 Å². The number of nitrogens with zero attached hydrogens (tertiary/aromatic N) is 1. The summed E-state index contributed by atoms with van der Waals surface area (Å²) < 4.78 is 13.8. The van der Waals surface area contributed by atoms with E-state index in [-0.39, 0.29) is 29.5 Å². The molecule has 0 aliphatic carbocycles. The molecular formula is C23H22FN3O3. The minimum Gasteiger partial charge on any atom is -0.375 e. The van der Waals surface area contributed by atoms with Crippen LogP contribution in [0.15, 0.2) is 72.8 Å². The van der Waals surface area contributed by atoms with Gasteiger partial charge in [0.15, 0.2) is 0 Å². The van der Waals surface area contributed by atoms with Crippen molar-refractivity contribution in [3.63, 3.8) is 0 Å². The lowest BCUT2D eigenvalue weighted by Crippen LogP contribution is -2.28. The lowest BCUT2D eigenvalue weighted by Gasteiger charge is -2.17. The summed E-state index contributed by atoms with van der Waals surface area (Å²) in [7, 11) is 0. The number of nitro benzene ring substituents is 1. The van der Waals surface area contributed by atoms with E-state index in [1.165, 1.54) is 24.3 Å². The molecule has 0 aliphatic rings. The van der Waals surface area contributed by atoms with Gasteiger partial charge in [-0.05, 0) is 30.2 Å². The number of rotatable bonds is 8. The zero-order valence-electron chi connectivity index (χ0n) is 16.5. The first-order chi connectivity index (χ1) is 14.5. The Morgan fingerprint density at radius 1 is 1.07 bits per heavy atom. The van der Waals surface area contributed by atoms with Crippen LogP contribution in [0, 0.1) is 15.9 Å². The first-order valence-corrected chi connectivity index (χ1v) is 9.61. The van der Waals surface area contributed by atoms with Crippen molar-refractivity contribution in [2.24, 2.45) is 0 Å². The van der Waals surface area contributed by atoms with E-state index >= 15 is 0 Å². The van der Waals surface area contributed by atoms with Gasteiger partial charge in [-0.2, -0.15) is 0 Å². The van der Waals surface area contributed by atoms with E-state index in [4.69, 9.17) is 0 Å². The van der Waals surface area contributed by atoms with Crippen molar-refractivity contribution in [1.82, 2.24) is 5.32 Å². The van der Waals surface area contributed by atoms with Crippen LogP contribution in [0.2, 0.25) is 0 Å². The number of halogens is 1. The number of nitrogens with one attached hydrogen (secondary N) is 2. The van der Waals surface area contributed by atoms with E-state index in [9.17, 15) is 19.3 Å². The van der Waals surface area contributed by atoms with E-state index in [0.717, 1.165) is 5.56 Å². The van der Waals surface area contributed by atoms with Crippen molar-refractivity contribution in [2.75, 3.05) is 5.32 Å². The quantitative estimate of drug-likeness (QED) is 0.396. The van der Waals surface area contributed by atoms with Crippen molar-refractivity contribution in [1.29, 1.82) is 0 Å². The average molecular weight is 407 g/mol. The summed E-state index contributed by atoms with van der Waals surface area (Å²) >= 11 is 0. The maximum atomic E-state index is 13.8. The second kappa shape index (κ2) is 9.65. The Balaban J connectivity index is 1.77. The summed E-state index contributed by atoms with van der Waals surface area (Å²) in [5, 5.41) is 17.3. The fraction of sp³-hybridized carbons (Fsp3) is 0.174. The van der Waals surface area contributed by atoms with E-state index in [1.807, 2.05) is 37.3 Å². The molecule has 6 nitrogen and oxygen atoms in total. The monoisotopic (exact) mass is 407 g/mol. The molecule has 0 spiro atoms. The molecule has 3 aromatic rings. The molecule has 0 bridgehead atoms. The summed E-state index contributed by atoms with van der Waals surface area (Å²) in [5.74, 6) is -0.787. The molecule has 7 heteroatoms. The molecule has 0 aliphatic heterocycles. The molecule has 0 saturated heterocycles. The van der Waals surface area contributed by atoms with Gasteiger partial charge in [0, 0.05) is 23.7 Å². The van der Waals surface area contributed by atoms with Crippen LogP contribution in [-0.2, 0) is 6.54 Å². The van der Waals surface area contributed by atoms with Crippen molar-refractivity contribution in [3.8, 4) is 0 Å². The molecule has 1 atom stereocenters. The van der Waals surface area contributed by atoms with Gasteiger partial charge in [-0.1, -0.05) is 55.5 Å². The normalized spacial score (nSPS) is 11.5. The zero-order chi connectivity index (χ0) is 21.5. The third-order valence-corrected chi connectivity index (χ3v) is 4.80. The number of hydrogen-bond acceptors (Lipinski definition) is 4. The van der Waals surface area contributed by atoms with Gasteiger partial charge in [-0.25, -0.2) is 4.39 Å². The lowest BCUT2D eigenvalue weighted by molar-refractivity contribution is -0.384. The van der Waals surface area contributed by atoms with Crippen LogP contribution >= 0.6 is 0 Å². The Labute approximate surface area is 173 Å². The van der Waals surface area contributed by atoms with Crippen LogP contribution in [0.1, 0.15) is 40.9 Å². The van der Waals surface area contributed by atoms with Gasteiger partial charge in [0.1, 0.15) is 11.5 Å². The maximum Gasteiger partial charge on any atom is 0.293 e. The smallest absolute Gasteiger partial charge is 0.293 e. The Morgan fingerprint density at radius 3 is 2.43 bits per heavy atom. The topological polar surface area (TPSA) is 84.3 Å². The van der Waals surface area contributed by atoms with Crippen LogP contribution in [0.3, 0.4) is 0 Å². The highest BCUT2D eigenvalue weighted by Gasteiger charge is 2.20. The number of nitro groups is 1. The van der Waals surface area contributed by atoms with Crippen molar-refractivity contribution in [2.45, 2.75) is 25.9 Å². The van der Waals surface area contributed by atoms with E-state index < -0.39 is 16.6 Å². The first kappa shape index (κ1) is 21.0. The predicted octanol–water partition coefficient (Wildman–Crippen LogP) is 5.23. The molecule has 154 valence electrons. The molecule has 0 heterocycles. The van der Waals surface area contributed by atoms with Crippen LogP contribution in [-0.4, -0.2) is 10.8 Å². The molecule has 0 radical (unpaired) electrons. The summed E-state index contributed by atoms with van der Waals surface area (Å²) in [4.78, 5) is 23.7. The van der Waals surface area contributed by atoms with Crippen molar-refractivity contribution in [3.05, 3.63) is 105 Å². The third-order valence-electron chi connectivity index (χ3n) is 4.80. The maximum absolute atomic E-state index is 13.8. The van der Waals surface area contributed by atoms with Gasteiger partial charge in [-0.3, -0.25) is 14.9 Å². The largest absolute Gasteiger partial charge is 0.375 e. The van der Waals surface area contributed by atoms with Gasteiger partial charge < -0.3 is 10.6 Å². The Kier molecular flexibility index (Phi) is 6.75. The fourth-order valence-electron chi connectivity index (χ4n) is 3.15. The second-order valence-electron chi connectivity index (χ2n) is 6.78. The summed E-state index contributed by atoms with van der Waals surface area (Å²) in [6.45, 7) is 2.04. The highest BCUT2D eigenvalue weighted by atomic mass is 19.1. The molecular weight excluding hydrogens is 385 g/mol. The number of carbonyl (C=O) groups excluding carboxylic acids is 1. The van der Waals surface area contributed by atoms with Crippen LogP contribution in [0.25, 0.3) is 0 Å². The molecule has 1 amide bonds. The van der Waals surface area contributed by atoms with Gasteiger partial charge in [-0.15, -0.1) is 0 Å². The fourth-order valence-corrected chi connectivity index (χ4v) is 3.15. The van der Waals surface area contributed by atoms with E-state index in [0.29, 0.717) is 12.0 Å². The lowest BCUT2D eigenvalue weighted by atomic mass is 10.0. The SMILES string of the molecule is CC[C@@H](NC(=O)c1ccc(NCc2ccccc2F)c([N+](=O)[O-])c1)c1ccccc1. The van der Waals surface area contributed by atoms with Crippen molar-refractivity contribution >= 4 is 17.3 Å². The predicted molar refractivity (Wildman–Crippen MR) is 114 cm³/mol. The molecule has 3 aromatic carbocycles. The molecule has 30 heavy (non-hydrogen) atoms. The van der Waals surface area contributed by atoms with Crippen LogP contribution in [0.4, 0.5) is 15.8 Å². The number of hydrogen-bond donors (Lipinski definition) is 2. The molecule has 3 rings (SSSR count). The highest BCUT2D eigenvalue weighted by molar-refractivity contribution is 5.96. The minimum absolute atomic E-state index is 0.0883. The number of anilines is 1. The Bertz CT molecular complexity index is 1040. The standard InChI is InChI=1S/C23H22FN3O3/c1-2-20(16-8-4-3-5-9-16)26-23(28)17-12-13-21(22(14-17)27(29)30)25-15-18-10-6-7-11-19(18)24/h3-14,20,25H,2,15H2,1H3,(H,26,28)/t20-/m1/s1. The Hall–Kier alpha value is -3.74. The van der Waals surface area contributed by atoms with E-state index in [2.05, 4.69) is 10.6 Å². The molecule has 2 N–H and O–H groups in total. The molecule has 0 saturated carbocycles. The second-order valence-corrected chi connectivity index (χ2v) is 6.78. The minimum atomic E-state index is -0.561. The van der Waals surface area contributed by atoms with Gasteiger partial charge in [0.2, 0.25) is 0 Å². The van der Waals surface area contributed by atoms with Crippen molar-refractivity contribution < 1.29 is 14.1 Å². The highest BCUT2D eigenvalue weighted by Crippen LogP contribution is 2.27. The molecule has 0 unspecified atom stereocenters. The van der Waals surface area contributed by atoms with Gasteiger partial charge in [0.25, 0.3) is 11.6 Å². The summed E-state index contributed by atoms with van der Waals surface area (Å²) in [6.07, 6.45) is 0.681. The number of amides is 1. The van der Waals surface area contributed by atoms with Crippen LogP contribution < -0.4 is 10.6 Å². The molecule has 0 aromatic heterocycles. The Morgan fingerprint density at radius 2 is 1.77 bits per heavy atom. The average Bonchev–Trinajstić information content (AvgIpc) is 2.77. The van der Waals surface area contributed by atoms with Gasteiger partial charge in [0.05, 0.1) is 11.0 Å². The number of benzene rings is 3. The summed E-state index contributed by atoms with van der Waals surface area (Å²) in [6, 6.07) is 19.8. The summed E-state index contributed by atoms with van der Waals surface area (Å²) in [5.41, 5.74) is 1.52. The van der Waals surface area contributed by atoms with E-state index in [1.54, 1.807) is 18.2 Å². The zero-order valence-corrected chi connectivity index (χ0v) is 16.5. The number of carbonyl (C=O) groups is 1. The first-order valence-electron chi connectivity index (χ1n) is 9.61. The molecule has 0 fully saturated rings. The third kappa shape index (κ3) is 5.00. The van der Waals surface area contributed by atoms with Gasteiger partial charge >= 0.3 is 0 Å².